The summed E-state index contributed by atoms with van der Waals surface area (Å²) < 4.78 is 24.3. The largest absolute Gasteiger partial charge is 0.591 e. The normalized spacial score (nSPS) is 10.7. The summed E-state index contributed by atoms with van der Waals surface area (Å²) in [4.78, 5) is 20.9. The van der Waals surface area contributed by atoms with E-state index >= 15 is 0 Å². The average Bonchev–Trinajstić information content (AvgIpc) is 1.81. The van der Waals surface area contributed by atoms with Gasteiger partial charge in [-0.05, 0) is 6.92 Å². The molecule has 13 heavy (non-hydrogen) atoms. The van der Waals surface area contributed by atoms with E-state index in [-0.39, 0.29) is 6.61 Å². The van der Waals surface area contributed by atoms with Crippen LogP contribution in [0, 0.1) is 0 Å². The third kappa shape index (κ3) is 5.38. The zero-order valence-electron chi connectivity index (χ0n) is 7.60. The molecule has 76 valence electrons. The Labute approximate surface area is 75.8 Å². The van der Waals surface area contributed by atoms with Crippen molar-refractivity contribution in [3.63, 3.8) is 0 Å². The number of phosphoric ester groups is 1. The molecule has 0 spiro atoms. The number of hydrogen-bond donors (Lipinski definition) is 0. The van der Waals surface area contributed by atoms with E-state index in [9.17, 15) is 14.2 Å². The molecule has 0 amide bonds. The van der Waals surface area contributed by atoms with E-state index in [1.807, 2.05) is 0 Å². The maximum Gasteiger partial charge on any atom is 0.591 e. The number of rotatable bonds is 4. The van der Waals surface area contributed by atoms with Crippen LogP contribution in [0.4, 0.5) is 0 Å². The van der Waals surface area contributed by atoms with Gasteiger partial charge in [0.25, 0.3) is 0 Å². The molecule has 0 N–H and O–H groups in total. The number of hydrogen-bond acceptors (Lipinski definition) is 6. The highest BCUT2D eigenvalue weighted by atomic mass is 31.2. The van der Waals surface area contributed by atoms with Crippen molar-refractivity contribution in [3.05, 3.63) is 0 Å². The van der Waals surface area contributed by atoms with Crippen LogP contribution in [0.15, 0.2) is 0 Å². The first-order chi connectivity index (χ1) is 5.89. The second kappa shape index (κ2) is 4.99. The third-order valence-corrected chi connectivity index (χ3v) is 2.30. The second-order valence-electron chi connectivity index (χ2n) is 2.03. The van der Waals surface area contributed by atoms with Crippen molar-refractivity contribution in [2.75, 3.05) is 6.61 Å². The molecule has 0 aliphatic rings. The van der Waals surface area contributed by atoms with E-state index in [4.69, 9.17) is 0 Å². The Hall–Kier alpha value is -0.870. The molecule has 0 aliphatic heterocycles. The molecule has 0 bridgehead atoms. The highest BCUT2D eigenvalue weighted by molar-refractivity contribution is 7.49. The fourth-order valence-corrected chi connectivity index (χ4v) is 1.63. The van der Waals surface area contributed by atoms with Crippen LogP contribution in [0.5, 0.6) is 0 Å². The molecule has 0 saturated carbocycles. The molecule has 0 unspecified atom stereocenters. The van der Waals surface area contributed by atoms with Crippen LogP contribution in [-0.2, 0) is 27.7 Å². The Morgan fingerprint density at radius 1 is 1.15 bits per heavy atom. The van der Waals surface area contributed by atoms with Crippen LogP contribution >= 0.6 is 7.82 Å². The molecule has 0 saturated heterocycles. The van der Waals surface area contributed by atoms with E-state index in [2.05, 4.69) is 13.6 Å². The van der Waals surface area contributed by atoms with Gasteiger partial charge in [0.2, 0.25) is 0 Å². The number of carbonyl (C=O) groups excluding carboxylic acids is 2. The summed E-state index contributed by atoms with van der Waals surface area (Å²) in [7, 11) is -4.03. The lowest BCUT2D eigenvalue weighted by Crippen LogP contribution is -2.06. The van der Waals surface area contributed by atoms with E-state index in [0.29, 0.717) is 0 Å². The first kappa shape index (κ1) is 12.1. The van der Waals surface area contributed by atoms with Gasteiger partial charge in [0.1, 0.15) is 0 Å². The molecule has 0 rings (SSSR count). The summed E-state index contributed by atoms with van der Waals surface area (Å²) in [5.41, 5.74) is 0. The van der Waals surface area contributed by atoms with E-state index in [0.717, 1.165) is 13.8 Å². The van der Waals surface area contributed by atoms with E-state index in [1.54, 1.807) is 0 Å². The molecule has 0 aliphatic carbocycles. The molecule has 0 fully saturated rings. The van der Waals surface area contributed by atoms with Crippen molar-refractivity contribution in [1.29, 1.82) is 0 Å². The zero-order chi connectivity index (χ0) is 10.5. The molecule has 0 aromatic rings. The van der Waals surface area contributed by atoms with Crippen molar-refractivity contribution in [3.8, 4) is 0 Å². The van der Waals surface area contributed by atoms with Crippen molar-refractivity contribution in [1.82, 2.24) is 0 Å². The first-order valence-corrected chi connectivity index (χ1v) is 5.00. The van der Waals surface area contributed by atoms with Gasteiger partial charge >= 0.3 is 19.8 Å². The molecule has 6 nitrogen and oxygen atoms in total. The molecule has 0 atom stereocenters. The van der Waals surface area contributed by atoms with Gasteiger partial charge in [-0.3, -0.25) is 14.1 Å². The number of carbonyl (C=O) groups is 2. The third-order valence-electron chi connectivity index (χ3n) is 0.768. The first-order valence-electron chi connectivity index (χ1n) is 3.54. The Kier molecular flexibility index (Phi) is 4.66. The molecule has 0 radical (unpaired) electrons. The summed E-state index contributed by atoms with van der Waals surface area (Å²) in [6.07, 6.45) is 0. The average molecular weight is 210 g/mol. The Balaban J connectivity index is 4.42. The Bertz CT molecular complexity index is 228. The minimum atomic E-state index is -4.03. The smallest absolute Gasteiger partial charge is 0.362 e. The molecule has 0 heterocycles. The van der Waals surface area contributed by atoms with Gasteiger partial charge in [-0.1, -0.05) is 0 Å². The van der Waals surface area contributed by atoms with Crippen molar-refractivity contribution in [2.24, 2.45) is 0 Å². The van der Waals surface area contributed by atoms with Crippen molar-refractivity contribution >= 4 is 19.8 Å². The van der Waals surface area contributed by atoms with Crippen LogP contribution in [0.2, 0.25) is 0 Å². The molecule has 0 aromatic heterocycles. The van der Waals surface area contributed by atoms with Gasteiger partial charge in [-0.2, -0.15) is 0 Å². The molecule has 7 heteroatoms. The number of phosphoric acid groups is 1. The highest BCUT2D eigenvalue weighted by Gasteiger charge is 2.32. The van der Waals surface area contributed by atoms with Gasteiger partial charge in [-0.15, -0.1) is 0 Å². The fourth-order valence-electron chi connectivity index (χ4n) is 0.544. The Morgan fingerprint density at radius 3 is 1.77 bits per heavy atom. The van der Waals surface area contributed by atoms with Gasteiger partial charge in [-0.25, -0.2) is 4.57 Å². The van der Waals surface area contributed by atoms with E-state index in [1.165, 1.54) is 6.92 Å². The van der Waals surface area contributed by atoms with Crippen LogP contribution in [-0.4, -0.2) is 18.5 Å². The summed E-state index contributed by atoms with van der Waals surface area (Å²) >= 11 is 0. The van der Waals surface area contributed by atoms with Gasteiger partial charge in [0.15, 0.2) is 0 Å². The highest BCUT2D eigenvalue weighted by Crippen LogP contribution is 2.49. The summed E-state index contributed by atoms with van der Waals surface area (Å²) in [5, 5.41) is 0. The SMILES string of the molecule is CCOP(=O)(OC(C)=O)OC(C)=O. The summed E-state index contributed by atoms with van der Waals surface area (Å²) in [6, 6.07) is 0. The summed E-state index contributed by atoms with van der Waals surface area (Å²) in [6.45, 7) is 3.61. The summed E-state index contributed by atoms with van der Waals surface area (Å²) in [5.74, 6) is -1.67. The van der Waals surface area contributed by atoms with E-state index < -0.39 is 19.8 Å². The topological polar surface area (TPSA) is 78.9 Å². The molecule has 0 aromatic carbocycles. The standard InChI is InChI=1S/C6H11O6P/c1-4-10-13(9,11-5(2)7)12-6(3)8/h4H2,1-3H3. The van der Waals surface area contributed by atoms with Gasteiger partial charge < -0.3 is 9.05 Å². The quantitative estimate of drug-likeness (QED) is 0.650. The minimum Gasteiger partial charge on any atom is -0.362 e. The maximum absolute atomic E-state index is 11.3. The zero-order valence-corrected chi connectivity index (χ0v) is 8.50. The van der Waals surface area contributed by atoms with Gasteiger partial charge in [0, 0.05) is 13.8 Å². The lowest BCUT2D eigenvalue weighted by Gasteiger charge is -2.13. The van der Waals surface area contributed by atoms with Crippen LogP contribution in [0.25, 0.3) is 0 Å². The second-order valence-corrected chi connectivity index (χ2v) is 3.55. The van der Waals surface area contributed by atoms with Crippen molar-refractivity contribution < 1.29 is 27.7 Å². The predicted octanol–water partition coefficient (Wildman–Crippen LogP) is 1.26. The van der Waals surface area contributed by atoms with Crippen LogP contribution < -0.4 is 0 Å². The molecular weight excluding hydrogens is 199 g/mol. The lowest BCUT2D eigenvalue weighted by atomic mass is 10.9. The fraction of sp³-hybridized carbons (Fsp3) is 0.667. The van der Waals surface area contributed by atoms with Gasteiger partial charge in [0.05, 0.1) is 6.61 Å². The predicted molar refractivity (Wildman–Crippen MR) is 42.8 cm³/mol. The monoisotopic (exact) mass is 210 g/mol. The minimum absolute atomic E-state index is 0.0117. The molecular formula is C6H11O6P. The maximum atomic E-state index is 11.3. The lowest BCUT2D eigenvalue weighted by molar-refractivity contribution is -0.138. The van der Waals surface area contributed by atoms with Crippen LogP contribution in [0.1, 0.15) is 20.8 Å². The van der Waals surface area contributed by atoms with Crippen molar-refractivity contribution in [2.45, 2.75) is 20.8 Å². The van der Waals surface area contributed by atoms with Crippen LogP contribution in [0.3, 0.4) is 0 Å². The Morgan fingerprint density at radius 2 is 1.54 bits per heavy atom.